The van der Waals surface area contributed by atoms with Crippen molar-refractivity contribution in [2.45, 2.75) is 25.0 Å². The van der Waals surface area contributed by atoms with Crippen molar-refractivity contribution in [1.29, 1.82) is 0 Å². The average molecular weight is 388 g/mol. The Kier molecular flexibility index (Phi) is 6.73. The number of fused-ring (bicyclic) bond motifs is 1. The molecule has 1 unspecified atom stereocenters. The summed E-state index contributed by atoms with van der Waals surface area (Å²) < 4.78 is 6.00. The number of aliphatic hydroxyl groups excluding tert-OH is 1. The molecule has 0 bridgehead atoms. The molecule has 0 aliphatic carbocycles. The molecule has 3 nitrogen and oxygen atoms in total. The van der Waals surface area contributed by atoms with Crippen LogP contribution in [0.25, 0.3) is 0 Å². The minimum atomic E-state index is -0.479. The minimum absolute atomic E-state index is 0.173. The van der Waals surface area contributed by atoms with Crippen molar-refractivity contribution in [3.8, 4) is 0 Å². The molecule has 3 aromatic rings. The summed E-state index contributed by atoms with van der Waals surface area (Å²) in [4.78, 5) is 2.32. The Hall–Kier alpha value is -2.46. The van der Waals surface area contributed by atoms with Crippen LogP contribution in [0.15, 0.2) is 84.9 Å². The first-order valence-electron chi connectivity index (χ1n) is 10.4. The molecule has 3 heteroatoms. The lowest BCUT2D eigenvalue weighted by Crippen LogP contribution is -2.38. The molecule has 29 heavy (non-hydrogen) atoms. The van der Waals surface area contributed by atoms with E-state index in [-0.39, 0.29) is 5.92 Å². The van der Waals surface area contributed by atoms with Gasteiger partial charge in [-0.3, -0.25) is 4.90 Å². The highest BCUT2D eigenvalue weighted by Gasteiger charge is 2.19. The molecule has 0 aromatic heterocycles. The number of β-amino-alcohol motifs (C(OH)–C–C–N with tert-alkyl or cyclic N) is 1. The number of rotatable bonds is 8. The third-order valence-electron chi connectivity index (χ3n) is 5.68. The van der Waals surface area contributed by atoms with E-state index in [1.54, 1.807) is 0 Å². The quantitative estimate of drug-likeness (QED) is 0.627. The van der Waals surface area contributed by atoms with Crippen LogP contribution >= 0.6 is 0 Å². The molecule has 0 radical (unpaired) electrons. The van der Waals surface area contributed by atoms with E-state index >= 15 is 0 Å². The zero-order chi connectivity index (χ0) is 19.9. The third kappa shape index (κ3) is 5.33. The predicted molar refractivity (Wildman–Crippen MR) is 117 cm³/mol. The number of nitrogens with zero attached hydrogens (tertiary/aromatic N) is 1. The van der Waals surface area contributed by atoms with Crippen LogP contribution in [-0.2, 0) is 17.7 Å². The van der Waals surface area contributed by atoms with Gasteiger partial charge in [-0.25, -0.2) is 0 Å². The first-order chi connectivity index (χ1) is 14.3. The fraction of sp³-hybridized carbons (Fsp3) is 0.308. The second-order valence-corrected chi connectivity index (χ2v) is 7.82. The van der Waals surface area contributed by atoms with E-state index in [0.29, 0.717) is 19.8 Å². The number of ether oxygens (including phenoxy) is 1. The summed E-state index contributed by atoms with van der Waals surface area (Å²) in [5.41, 5.74) is 5.28. The molecule has 0 saturated carbocycles. The number of hydrogen-bond donors (Lipinski definition) is 1. The van der Waals surface area contributed by atoms with Gasteiger partial charge in [0.25, 0.3) is 0 Å². The normalized spacial score (nSPS) is 15.2. The molecule has 1 heterocycles. The topological polar surface area (TPSA) is 32.7 Å². The molecule has 0 saturated heterocycles. The van der Waals surface area contributed by atoms with Crippen LogP contribution in [0.4, 0.5) is 0 Å². The van der Waals surface area contributed by atoms with E-state index in [2.05, 4.69) is 77.7 Å². The van der Waals surface area contributed by atoms with E-state index in [0.717, 1.165) is 19.5 Å². The summed E-state index contributed by atoms with van der Waals surface area (Å²) in [5, 5.41) is 10.5. The fourth-order valence-electron chi connectivity index (χ4n) is 4.14. The van der Waals surface area contributed by atoms with E-state index in [9.17, 15) is 5.11 Å². The van der Waals surface area contributed by atoms with Gasteiger partial charge in [-0.15, -0.1) is 0 Å². The summed E-state index contributed by atoms with van der Waals surface area (Å²) >= 11 is 0. The van der Waals surface area contributed by atoms with Crippen LogP contribution in [0.5, 0.6) is 0 Å². The Labute approximate surface area is 173 Å². The monoisotopic (exact) mass is 387 g/mol. The van der Waals surface area contributed by atoms with Crippen molar-refractivity contribution < 1.29 is 9.84 Å². The molecule has 1 aliphatic rings. The zero-order valence-corrected chi connectivity index (χ0v) is 16.8. The Morgan fingerprint density at radius 2 is 1.34 bits per heavy atom. The van der Waals surface area contributed by atoms with Gasteiger partial charge in [-0.1, -0.05) is 84.9 Å². The summed E-state index contributed by atoms with van der Waals surface area (Å²) in [5.74, 6) is 0.173. The fourth-order valence-corrected chi connectivity index (χ4v) is 4.14. The SMILES string of the molecule is OC(COCC(c1ccccc1)c1ccccc1)CN1CCc2ccccc2C1. The lowest BCUT2D eigenvalue weighted by molar-refractivity contribution is 0.0121. The van der Waals surface area contributed by atoms with Crippen LogP contribution in [0.1, 0.15) is 28.2 Å². The average Bonchev–Trinajstić information content (AvgIpc) is 2.78. The largest absolute Gasteiger partial charge is 0.389 e. The number of benzene rings is 3. The van der Waals surface area contributed by atoms with Crippen molar-refractivity contribution >= 4 is 0 Å². The van der Waals surface area contributed by atoms with Crippen LogP contribution < -0.4 is 0 Å². The smallest absolute Gasteiger partial charge is 0.0900 e. The number of aliphatic hydroxyl groups is 1. The highest BCUT2D eigenvalue weighted by molar-refractivity contribution is 5.32. The van der Waals surface area contributed by atoms with Crippen LogP contribution in [0, 0.1) is 0 Å². The van der Waals surface area contributed by atoms with Gasteiger partial charge in [0.15, 0.2) is 0 Å². The van der Waals surface area contributed by atoms with E-state index in [4.69, 9.17) is 4.74 Å². The Morgan fingerprint density at radius 3 is 2.00 bits per heavy atom. The molecule has 0 spiro atoms. The molecule has 3 aromatic carbocycles. The maximum Gasteiger partial charge on any atom is 0.0900 e. The molecule has 1 aliphatic heterocycles. The maximum absolute atomic E-state index is 10.5. The van der Waals surface area contributed by atoms with Crippen molar-refractivity contribution in [2.24, 2.45) is 0 Å². The summed E-state index contributed by atoms with van der Waals surface area (Å²) in [6.45, 7) is 3.46. The molecule has 4 rings (SSSR count). The van der Waals surface area contributed by atoms with Gasteiger partial charge in [-0.2, -0.15) is 0 Å². The Balaban J connectivity index is 1.31. The van der Waals surface area contributed by atoms with Gasteiger partial charge in [0.1, 0.15) is 0 Å². The summed E-state index contributed by atoms with van der Waals surface area (Å²) in [6, 6.07) is 29.5. The van der Waals surface area contributed by atoms with E-state index < -0.39 is 6.10 Å². The molecule has 1 N–H and O–H groups in total. The van der Waals surface area contributed by atoms with Gasteiger partial charge < -0.3 is 9.84 Å². The second-order valence-electron chi connectivity index (χ2n) is 7.82. The van der Waals surface area contributed by atoms with Crippen molar-refractivity contribution in [3.63, 3.8) is 0 Å². The highest BCUT2D eigenvalue weighted by Crippen LogP contribution is 2.25. The van der Waals surface area contributed by atoms with Gasteiger partial charge in [0.2, 0.25) is 0 Å². The third-order valence-corrected chi connectivity index (χ3v) is 5.68. The molecular formula is C26H29NO2. The van der Waals surface area contributed by atoms with Gasteiger partial charge >= 0.3 is 0 Å². The molecule has 0 amide bonds. The van der Waals surface area contributed by atoms with Crippen LogP contribution in [0.3, 0.4) is 0 Å². The van der Waals surface area contributed by atoms with Gasteiger partial charge in [0, 0.05) is 25.6 Å². The van der Waals surface area contributed by atoms with Crippen molar-refractivity contribution in [2.75, 3.05) is 26.3 Å². The predicted octanol–water partition coefficient (Wildman–Crippen LogP) is 4.25. The Bertz CT molecular complexity index is 842. The van der Waals surface area contributed by atoms with Gasteiger partial charge in [0.05, 0.1) is 19.3 Å². The lowest BCUT2D eigenvalue weighted by Gasteiger charge is -2.30. The van der Waals surface area contributed by atoms with Crippen LogP contribution in [0.2, 0.25) is 0 Å². The van der Waals surface area contributed by atoms with Crippen molar-refractivity contribution in [1.82, 2.24) is 4.90 Å². The number of hydrogen-bond acceptors (Lipinski definition) is 3. The van der Waals surface area contributed by atoms with Crippen molar-refractivity contribution in [3.05, 3.63) is 107 Å². The molecule has 150 valence electrons. The summed E-state index contributed by atoms with van der Waals surface area (Å²) in [7, 11) is 0. The maximum atomic E-state index is 10.5. The molecule has 1 atom stereocenters. The van der Waals surface area contributed by atoms with Gasteiger partial charge in [-0.05, 0) is 28.7 Å². The summed E-state index contributed by atoms with van der Waals surface area (Å²) in [6.07, 6.45) is 0.570. The van der Waals surface area contributed by atoms with E-state index in [1.807, 2.05) is 12.1 Å². The van der Waals surface area contributed by atoms with Crippen LogP contribution in [-0.4, -0.2) is 42.4 Å². The molecular weight excluding hydrogens is 358 g/mol. The highest BCUT2D eigenvalue weighted by atomic mass is 16.5. The second kappa shape index (κ2) is 9.84. The minimum Gasteiger partial charge on any atom is -0.389 e. The first-order valence-corrected chi connectivity index (χ1v) is 10.4. The first kappa shape index (κ1) is 19.8. The lowest BCUT2D eigenvalue weighted by atomic mass is 9.92. The van der Waals surface area contributed by atoms with E-state index in [1.165, 1.54) is 22.3 Å². The molecule has 0 fully saturated rings. The zero-order valence-electron chi connectivity index (χ0n) is 16.8. The standard InChI is InChI=1S/C26H29NO2/c28-25(18-27-16-15-21-9-7-8-14-24(21)17-27)19-29-20-26(22-10-3-1-4-11-22)23-12-5-2-6-13-23/h1-14,25-26,28H,15-20H2. The Morgan fingerprint density at radius 1 is 0.759 bits per heavy atom.